The third kappa shape index (κ3) is 5.62. The van der Waals surface area contributed by atoms with Crippen LogP contribution in [0.25, 0.3) is 11.3 Å². The third-order valence-corrected chi connectivity index (χ3v) is 4.81. The fourth-order valence-corrected chi connectivity index (χ4v) is 3.13. The fraction of sp³-hybridized carbons (Fsp3) is 0.120. The van der Waals surface area contributed by atoms with Crippen molar-refractivity contribution in [2.45, 2.75) is 6.92 Å². The Morgan fingerprint density at radius 3 is 2.64 bits per heavy atom. The zero-order valence-electron chi connectivity index (χ0n) is 18.3. The van der Waals surface area contributed by atoms with Crippen molar-refractivity contribution < 1.29 is 14.3 Å². The standard InChI is InChI=1S/C25H23N5O3/c1-17-9-10-19(28-24(31)16-33-23-8-4-3-7-22(23)32-2)14-21(17)30-25-27-13-11-20(29-25)18-6-5-12-26-15-18/h3-15H,16H2,1-2H3,(H,28,31)(H,27,29,30). The van der Waals surface area contributed by atoms with Gasteiger partial charge in [-0.05, 0) is 55.0 Å². The third-order valence-electron chi connectivity index (χ3n) is 4.81. The van der Waals surface area contributed by atoms with E-state index in [1.165, 1.54) is 0 Å². The maximum Gasteiger partial charge on any atom is 0.262 e. The molecule has 2 N–H and O–H groups in total. The van der Waals surface area contributed by atoms with E-state index in [4.69, 9.17) is 9.47 Å². The van der Waals surface area contributed by atoms with E-state index in [2.05, 4.69) is 25.6 Å². The summed E-state index contributed by atoms with van der Waals surface area (Å²) in [4.78, 5) is 25.4. The molecule has 0 aliphatic heterocycles. The predicted octanol–water partition coefficient (Wildman–Crippen LogP) is 4.62. The first-order chi connectivity index (χ1) is 16.1. The summed E-state index contributed by atoms with van der Waals surface area (Å²) in [5, 5.41) is 6.07. The number of amides is 1. The van der Waals surface area contributed by atoms with Gasteiger partial charge < -0.3 is 20.1 Å². The SMILES string of the molecule is COc1ccccc1OCC(=O)Nc1ccc(C)c(Nc2nccc(-c3cccnc3)n2)c1. The van der Waals surface area contributed by atoms with E-state index in [0.29, 0.717) is 23.1 Å². The van der Waals surface area contributed by atoms with E-state index in [0.717, 1.165) is 22.5 Å². The molecule has 0 saturated heterocycles. The van der Waals surface area contributed by atoms with E-state index >= 15 is 0 Å². The molecule has 0 radical (unpaired) electrons. The molecule has 8 heteroatoms. The van der Waals surface area contributed by atoms with Crippen molar-refractivity contribution >= 4 is 23.2 Å². The highest BCUT2D eigenvalue weighted by molar-refractivity contribution is 5.92. The number of aromatic nitrogens is 3. The van der Waals surface area contributed by atoms with E-state index in [9.17, 15) is 4.79 Å². The number of carbonyl (C=O) groups is 1. The zero-order chi connectivity index (χ0) is 23.0. The number of methoxy groups -OCH3 is 1. The van der Waals surface area contributed by atoms with Crippen LogP contribution >= 0.6 is 0 Å². The number of carbonyl (C=O) groups excluding carboxylic acids is 1. The first kappa shape index (κ1) is 21.8. The minimum absolute atomic E-state index is 0.146. The molecule has 0 atom stereocenters. The van der Waals surface area contributed by atoms with Gasteiger partial charge in [0.05, 0.1) is 12.8 Å². The molecule has 4 aromatic rings. The van der Waals surface area contributed by atoms with Crippen LogP contribution < -0.4 is 20.1 Å². The Labute approximate surface area is 191 Å². The van der Waals surface area contributed by atoms with Crippen molar-refractivity contribution in [1.82, 2.24) is 15.0 Å². The van der Waals surface area contributed by atoms with Crippen molar-refractivity contribution in [2.24, 2.45) is 0 Å². The van der Waals surface area contributed by atoms with Crippen molar-refractivity contribution in [3.05, 3.63) is 84.8 Å². The number of anilines is 3. The number of benzene rings is 2. The van der Waals surface area contributed by atoms with Crippen LogP contribution in [0.2, 0.25) is 0 Å². The summed E-state index contributed by atoms with van der Waals surface area (Å²) in [5.41, 5.74) is 4.04. The van der Waals surface area contributed by atoms with Gasteiger partial charge in [0.25, 0.3) is 5.91 Å². The minimum atomic E-state index is -0.287. The first-order valence-corrected chi connectivity index (χ1v) is 10.3. The number of hydrogen-bond acceptors (Lipinski definition) is 7. The number of nitrogens with one attached hydrogen (secondary N) is 2. The summed E-state index contributed by atoms with van der Waals surface area (Å²) in [7, 11) is 1.55. The monoisotopic (exact) mass is 441 g/mol. The second-order valence-electron chi connectivity index (χ2n) is 7.15. The van der Waals surface area contributed by atoms with Gasteiger partial charge in [-0.3, -0.25) is 9.78 Å². The molecule has 0 bridgehead atoms. The van der Waals surface area contributed by atoms with Crippen molar-refractivity contribution in [3.8, 4) is 22.8 Å². The number of para-hydroxylation sites is 2. The summed E-state index contributed by atoms with van der Waals surface area (Å²) < 4.78 is 10.8. The summed E-state index contributed by atoms with van der Waals surface area (Å²) in [6.45, 7) is 1.82. The summed E-state index contributed by atoms with van der Waals surface area (Å²) in [6.07, 6.45) is 5.16. The molecule has 166 valence electrons. The predicted molar refractivity (Wildman–Crippen MR) is 127 cm³/mol. The molecule has 2 aromatic heterocycles. The Morgan fingerprint density at radius 1 is 1.00 bits per heavy atom. The second kappa shape index (κ2) is 10.2. The van der Waals surface area contributed by atoms with Crippen molar-refractivity contribution in [3.63, 3.8) is 0 Å². The molecule has 0 aliphatic rings. The van der Waals surface area contributed by atoms with Crippen LogP contribution in [0, 0.1) is 6.92 Å². The maximum absolute atomic E-state index is 12.4. The number of pyridine rings is 1. The molecule has 33 heavy (non-hydrogen) atoms. The van der Waals surface area contributed by atoms with Crippen LogP contribution in [-0.2, 0) is 4.79 Å². The molecular weight excluding hydrogens is 418 g/mol. The quantitative estimate of drug-likeness (QED) is 0.412. The van der Waals surface area contributed by atoms with E-state index in [1.54, 1.807) is 37.8 Å². The Bertz CT molecular complexity index is 1250. The van der Waals surface area contributed by atoms with E-state index < -0.39 is 0 Å². The maximum atomic E-state index is 12.4. The van der Waals surface area contributed by atoms with E-state index in [1.807, 2.05) is 55.5 Å². The average Bonchev–Trinajstić information content (AvgIpc) is 2.85. The molecule has 0 saturated carbocycles. The lowest BCUT2D eigenvalue weighted by molar-refractivity contribution is -0.118. The molecule has 0 fully saturated rings. The van der Waals surface area contributed by atoms with Gasteiger partial charge in [-0.15, -0.1) is 0 Å². The second-order valence-corrected chi connectivity index (χ2v) is 7.15. The van der Waals surface area contributed by atoms with Crippen LogP contribution in [-0.4, -0.2) is 34.6 Å². The smallest absolute Gasteiger partial charge is 0.262 e. The highest BCUT2D eigenvalue weighted by Crippen LogP contribution is 2.26. The van der Waals surface area contributed by atoms with Gasteiger partial charge in [-0.2, -0.15) is 0 Å². The Hall–Kier alpha value is -4.46. The summed E-state index contributed by atoms with van der Waals surface area (Å²) in [6, 6.07) is 18.4. The first-order valence-electron chi connectivity index (χ1n) is 10.3. The molecule has 2 aromatic carbocycles. The molecule has 0 spiro atoms. The van der Waals surface area contributed by atoms with Gasteiger partial charge >= 0.3 is 0 Å². The molecule has 4 rings (SSSR count). The largest absolute Gasteiger partial charge is 0.493 e. The lowest BCUT2D eigenvalue weighted by Gasteiger charge is -2.13. The number of aryl methyl sites for hydroxylation is 1. The summed E-state index contributed by atoms with van der Waals surface area (Å²) >= 11 is 0. The van der Waals surface area contributed by atoms with Gasteiger partial charge in [0.15, 0.2) is 18.1 Å². The molecular formula is C25H23N5O3. The lowest BCUT2D eigenvalue weighted by Crippen LogP contribution is -2.20. The molecule has 2 heterocycles. The molecule has 8 nitrogen and oxygen atoms in total. The topological polar surface area (TPSA) is 98.3 Å². The highest BCUT2D eigenvalue weighted by atomic mass is 16.5. The fourth-order valence-electron chi connectivity index (χ4n) is 3.13. The number of nitrogens with zero attached hydrogens (tertiary/aromatic N) is 3. The van der Waals surface area contributed by atoms with Crippen molar-refractivity contribution in [2.75, 3.05) is 24.4 Å². The Morgan fingerprint density at radius 2 is 1.85 bits per heavy atom. The van der Waals surface area contributed by atoms with Crippen LogP contribution in [0.5, 0.6) is 11.5 Å². The average molecular weight is 441 g/mol. The van der Waals surface area contributed by atoms with Gasteiger partial charge in [0, 0.05) is 35.5 Å². The molecule has 0 unspecified atom stereocenters. The number of rotatable bonds is 8. The highest BCUT2D eigenvalue weighted by Gasteiger charge is 2.10. The Kier molecular flexibility index (Phi) is 6.75. The van der Waals surface area contributed by atoms with Crippen molar-refractivity contribution in [1.29, 1.82) is 0 Å². The minimum Gasteiger partial charge on any atom is -0.493 e. The zero-order valence-corrected chi connectivity index (χ0v) is 18.3. The van der Waals surface area contributed by atoms with Crippen LogP contribution in [0.4, 0.5) is 17.3 Å². The number of hydrogen-bond donors (Lipinski definition) is 2. The summed E-state index contributed by atoms with van der Waals surface area (Å²) in [5.74, 6) is 1.24. The normalized spacial score (nSPS) is 10.4. The molecule has 1 amide bonds. The van der Waals surface area contributed by atoms with E-state index in [-0.39, 0.29) is 12.5 Å². The van der Waals surface area contributed by atoms with Gasteiger partial charge in [-0.1, -0.05) is 18.2 Å². The Balaban J connectivity index is 1.43. The molecule has 0 aliphatic carbocycles. The van der Waals surface area contributed by atoms with Gasteiger partial charge in [0.1, 0.15) is 0 Å². The van der Waals surface area contributed by atoms with Gasteiger partial charge in [-0.25, -0.2) is 9.97 Å². The van der Waals surface area contributed by atoms with Gasteiger partial charge in [0.2, 0.25) is 5.95 Å². The number of ether oxygens (including phenoxy) is 2. The van der Waals surface area contributed by atoms with Crippen LogP contribution in [0.3, 0.4) is 0 Å². The lowest BCUT2D eigenvalue weighted by atomic mass is 10.1. The van der Waals surface area contributed by atoms with Crippen LogP contribution in [0.1, 0.15) is 5.56 Å². The van der Waals surface area contributed by atoms with Crippen LogP contribution in [0.15, 0.2) is 79.3 Å².